The van der Waals surface area contributed by atoms with Crippen LogP contribution in [0, 0.1) is 12.7 Å². The minimum atomic E-state index is -0.180. The number of halogens is 1. The van der Waals surface area contributed by atoms with E-state index < -0.39 is 0 Å². The summed E-state index contributed by atoms with van der Waals surface area (Å²) in [5, 5.41) is 3.05. The molecule has 0 aromatic heterocycles. The van der Waals surface area contributed by atoms with Crippen molar-refractivity contribution < 1.29 is 4.39 Å². The number of benzene rings is 1. The predicted molar refractivity (Wildman–Crippen MR) is 56.6 cm³/mol. The summed E-state index contributed by atoms with van der Waals surface area (Å²) in [6, 6.07) is 4.93. The molecular weight excluding hydrogens is 165 g/mol. The molecule has 0 aliphatic heterocycles. The maximum absolute atomic E-state index is 12.7. The van der Waals surface area contributed by atoms with Crippen LogP contribution in [0.4, 0.5) is 10.1 Å². The van der Waals surface area contributed by atoms with E-state index in [1.807, 2.05) is 33.8 Å². The van der Waals surface area contributed by atoms with E-state index in [2.05, 4.69) is 5.32 Å². The van der Waals surface area contributed by atoms with Crippen LogP contribution >= 0.6 is 0 Å². The Morgan fingerprint density at radius 3 is 2.31 bits per heavy atom. The average molecular weight is 183 g/mol. The molecule has 0 unspecified atom stereocenters. The summed E-state index contributed by atoms with van der Waals surface area (Å²) >= 11 is 0. The molecule has 0 heterocycles. The maximum Gasteiger partial charge on any atom is 0.125 e. The molecule has 1 N–H and O–H groups in total. The van der Waals surface area contributed by atoms with E-state index in [0.29, 0.717) is 0 Å². The van der Waals surface area contributed by atoms with Crippen LogP contribution in [0.15, 0.2) is 18.2 Å². The first-order chi connectivity index (χ1) is 6.22. The lowest BCUT2D eigenvalue weighted by molar-refractivity contribution is 0.627. The lowest BCUT2D eigenvalue weighted by Gasteiger charge is -2.03. The van der Waals surface area contributed by atoms with Gasteiger partial charge in [0, 0.05) is 12.2 Å². The van der Waals surface area contributed by atoms with Crippen LogP contribution in [0.5, 0.6) is 0 Å². The Morgan fingerprint density at radius 2 is 1.85 bits per heavy atom. The van der Waals surface area contributed by atoms with Crippen molar-refractivity contribution in [2.75, 3.05) is 11.9 Å². The van der Waals surface area contributed by atoms with E-state index >= 15 is 0 Å². The Morgan fingerprint density at radius 1 is 1.23 bits per heavy atom. The Balaban J connectivity index is 0.000000671. The summed E-state index contributed by atoms with van der Waals surface area (Å²) in [6.07, 6.45) is 0. The van der Waals surface area contributed by atoms with E-state index in [9.17, 15) is 4.39 Å². The Bertz CT molecular complexity index is 226. The normalized spacial score (nSPS) is 8.69. The topological polar surface area (TPSA) is 12.0 Å². The van der Waals surface area contributed by atoms with Crippen molar-refractivity contribution in [1.82, 2.24) is 0 Å². The quantitative estimate of drug-likeness (QED) is 0.738. The third-order valence-electron chi connectivity index (χ3n) is 1.42. The third kappa shape index (κ3) is 4.51. The summed E-state index contributed by atoms with van der Waals surface area (Å²) in [7, 11) is 0. The molecule has 0 bridgehead atoms. The summed E-state index contributed by atoms with van der Waals surface area (Å²) in [5.41, 5.74) is 1.80. The number of nitrogens with one attached hydrogen (secondary N) is 1. The molecule has 2 heteroatoms. The van der Waals surface area contributed by atoms with Gasteiger partial charge in [0.1, 0.15) is 5.82 Å². The lowest BCUT2D eigenvalue weighted by atomic mass is 10.2. The van der Waals surface area contributed by atoms with Crippen molar-refractivity contribution in [2.45, 2.75) is 27.7 Å². The fraction of sp³-hybridized carbons (Fsp3) is 0.455. The highest BCUT2D eigenvalue weighted by molar-refractivity contribution is 5.45. The van der Waals surface area contributed by atoms with Crippen molar-refractivity contribution >= 4 is 5.69 Å². The molecule has 0 atom stereocenters. The maximum atomic E-state index is 12.7. The van der Waals surface area contributed by atoms with Gasteiger partial charge < -0.3 is 5.32 Å². The second-order valence-corrected chi connectivity index (χ2v) is 2.55. The summed E-state index contributed by atoms with van der Waals surface area (Å²) < 4.78 is 12.7. The molecular formula is C11H18FN. The largest absolute Gasteiger partial charge is 0.385 e. The van der Waals surface area contributed by atoms with Crippen molar-refractivity contribution in [3.63, 3.8) is 0 Å². The van der Waals surface area contributed by atoms with Crippen molar-refractivity contribution in [3.05, 3.63) is 29.6 Å². The van der Waals surface area contributed by atoms with Crippen molar-refractivity contribution in [2.24, 2.45) is 0 Å². The first-order valence-corrected chi connectivity index (χ1v) is 4.73. The fourth-order valence-electron chi connectivity index (χ4n) is 1.04. The van der Waals surface area contributed by atoms with Crippen LogP contribution in [-0.4, -0.2) is 6.54 Å². The van der Waals surface area contributed by atoms with Gasteiger partial charge in [0.05, 0.1) is 0 Å². The van der Waals surface area contributed by atoms with E-state index in [0.717, 1.165) is 17.8 Å². The number of rotatable bonds is 2. The smallest absolute Gasteiger partial charge is 0.125 e. The lowest BCUT2D eigenvalue weighted by Crippen LogP contribution is -1.96. The van der Waals surface area contributed by atoms with E-state index in [1.165, 1.54) is 12.1 Å². The SMILES string of the molecule is CC.CCNc1cc(C)cc(F)c1. The zero-order chi connectivity index (χ0) is 10.3. The second kappa shape index (κ2) is 6.46. The van der Waals surface area contributed by atoms with Gasteiger partial charge in [-0.1, -0.05) is 13.8 Å². The zero-order valence-corrected chi connectivity index (χ0v) is 8.82. The van der Waals surface area contributed by atoms with Crippen LogP contribution in [-0.2, 0) is 0 Å². The van der Waals surface area contributed by atoms with E-state index in [4.69, 9.17) is 0 Å². The zero-order valence-electron chi connectivity index (χ0n) is 8.82. The monoisotopic (exact) mass is 183 g/mol. The fourth-order valence-corrected chi connectivity index (χ4v) is 1.04. The van der Waals surface area contributed by atoms with Crippen LogP contribution in [0.1, 0.15) is 26.3 Å². The van der Waals surface area contributed by atoms with Crippen molar-refractivity contribution in [1.29, 1.82) is 0 Å². The van der Waals surface area contributed by atoms with Crippen molar-refractivity contribution in [3.8, 4) is 0 Å². The molecule has 0 spiro atoms. The first-order valence-electron chi connectivity index (χ1n) is 4.73. The minimum Gasteiger partial charge on any atom is -0.385 e. The van der Waals surface area contributed by atoms with Crippen LogP contribution < -0.4 is 5.32 Å². The van der Waals surface area contributed by atoms with Gasteiger partial charge in [0.2, 0.25) is 0 Å². The highest BCUT2D eigenvalue weighted by atomic mass is 19.1. The molecule has 0 fully saturated rings. The van der Waals surface area contributed by atoms with Crippen LogP contribution in [0.25, 0.3) is 0 Å². The number of hydrogen-bond donors (Lipinski definition) is 1. The first kappa shape index (κ1) is 11.9. The molecule has 1 aromatic rings. The molecule has 74 valence electrons. The number of hydrogen-bond acceptors (Lipinski definition) is 1. The predicted octanol–water partition coefficient (Wildman–Crippen LogP) is 3.59. The second-order valence-electron chi connectivity index (χ2n) is 2.55. The van der Waals surface area contributed by atoms with Gasteiger partial charge in [-0.25, -0.2) is 4.39 Å². The van der Waals surface area contributed by atoms with Crippen LogP contribution in [0.3, 0.4) is 0 Å². The van der Waals surface area contributed by atoms with Gasteiger partial charge in [0.25, 0.3) is 0 Å². The Kier molecular flexibility index (Phi) is 5.94. The highest BCUT2D eigenvalue weighted by Crippen LogP contribution is 2.12. The molecule has 1 rings (SSSR count). The Hall–Kier alpha value is -1.05. The third-order valence-corrected chi connectivity index (χ3v) is 1.42. The van der Waals surface area contributed by atoms with E-state index in [-0.39, 0.29) is 5.82 Å². The van der Waals surface area contributed by atoms with Gasteiger partial charge in [-0.3, -0.25) is 0 Å². The summed E-state index contributed by atoms with van der Waals surface area (Å²) in [4.78, 5) is 0. The number of aryl methyl sites for hydroxylation is 1. The molecule has 13 heavy (non-hydrogen) atoms. The average Bonchev–Trinajstić information content (AvgIpc) is 2.06. The molecule has 0 saturated heterocycles. The molecule has 0 amide bonds. The minimum absolute atomic E-state index is 0.180. The summed E-state index contributed by atoms with van der Waals surface area (Å²) in [5.74, 6) is -0.180. The molecule has 0 saturated carbocycles. The van der Waals surface area contributed by atoms with Crippen LogP contribution in [0.2, 0.25) is 0 Å². The number of anilines is 1. The standard InChI is InChI=1S/C9H12FN.C2H6/c1-3-11-9-5-7(2)4-8(10)6-9;1-2/h4-6,11H,3H2,1-2H3;1-2H3. The molecule has 1 nitrogen and oxygen atoms in total. The molecule has 0 aliphatic carbocycles. The molecule has 0 radical (unpaired) electrons. The van der Waals surface area contributed by atoms with Gasteiger partial charge >= 0.3 is 0 Å². The van der Waals surface area contributed by atoms with Gasteiger partial charge in [-0.05, 0) is 37.6 Å². The molecule has 0 aliphatic rings. The van der Waals surface area contributed by atoms with Gasteiger partial charge in [0.15, 0.2) is 0 Å². The van der Waals surface area contributed by atoms with Gasteiger partial charge in [-0.15, -0.1) is 0 Å². The molecule has 1 aromatic carbocycles. The summed E-state index contributed by atoms with van der Waals surface area (Å²) in [6.45, 7) is 8.69. The van der Waals surface area contributed by atoms with E-state index in [1.54, 1.807) is 0 Å². The highest BCUT2D eigenvalue weighted by Gasteiger charge is 1.94. The Labute approximate surface area is 80.0 Å². The van der Waals surface area contributed by atoms with Gasteiger partial charge in [-0.2, -0.15) is 0 Å².